The van der Waals surface area contributed by atoms with Gasteiger partial charge in [0.2, 0.25) is 5.91 Å². The average molecular weight is 409 g/mol. The molecule has 138 valence electrons. The van der Waals surface area contributed by atoms with Crippen molar-refractivity contribution in [2.45, 2.75) is 34.9 Å². The molecule has 2 aliphatic rings. The Labute approximate surface area is 161 Å². The lowest BCUT2D eigenvalue weighted by Crippen LogP contribution is -2.36. The Morgan fingerprint density at radius 2 is 2.08 bits per heavy atom. The normalized spacial score (nSPS) is 17.0. The number of nitrogens with zero attached hydrogens (tertiary/aromatic N) is 1. The lowest BCUT2D eigenvalue weighted by molar-refractivity contribution is -0.133. The molecule has 1 amide bonds. The Bertz CT molecular complexity index is 948. The van der Waals surface area contributed by atoms with Gasteiger partial charge < -0.3 is 4.90 Å². The number of carbonyl (C=O) groups is 1. The van der Waals surface area contributed by atoms with Crippen molar-refractivity contribution in [1.82, 2.24) is 4.90 Å². The summed E-state index contributed by atoms with van der Waals surface area (Å²) in [6.07, 6.45) is 4.63. The fourth-order valence-electron chi connectivity index (χ4n) is 3.14. The van der Waals surface area contributed by atoms with Gasteiger partial charge in [0, 0.05) is 28.8 Å². The number of para-hydroxylation sites is 1. The van der Waals surface area contributed by atoms with Crippen LogP contribution in [0.2, 0.25) is 0 Å². The second kappa shape index (κ2) is 6.90. The first-order chi connectivity index (χ1) is 12.5. The molecule has 0 radical (unpaired) electrons. The smallest absolute Gasteiger partial charge is 0.271 e. The van der Waals surface area contributed by atoms with Crippen molar-refractivity contribution in [2.24, 2.45) is 5.92 Å². The van der Waals surface area contributed by atoms with E-state index in [2.05, 4.69) is 4.72 Å². The number of hydrogen-bond donors (Lipinski definition) is 1. The van der Waals surface area contributed by atoms with E-state index in [1.54, 1.807) is 12.1 Å². The lowest BCUT2D eigenvalue weighted by Gasteiger charge is -2.26. The summed E-state index contributed by atoms with van der Waals surface area (Å²) in [4.78, 5) is 16.1. The lowest BCUT2D eigenvalue weighted by atomic mass is 10.1. The topological polar surface area (TPSA) is 66.5 Å². The van der Waals surface area contributed by atoms with E-state index in [1.807, 2.05) is 29.4 Å². The number of amides is 1. The maximum atomic E-state index is 12.8. The van der Waals surface area contributed by atoms with E-state index in [0.29, 0.717) is 23.0 Å². The minimum Gasteiger partial charge on any atom is -0.338 e. The molecule has 2 aromatic rings. The Morgan fingerprint density at radius 3 is 2.81 bits per heavy atom. The molecular formula is C18H20N2O3S3. The Balaban J connectivity index is 1.56. The molecule has 1 aliphatic heterocycles. The number of anilines is 1. The third kappa shape index (κ3) is 3.50. The van der Waals surface area contributed by atoms with Crippen LogP contribution in [0, 0.1) is 5.92 Å². The van der Waals surface area contributed by atoms with Crippen LogP contribution < -0.4 is 4.72 Å². The number of sulfonamides is 1. The number of thiophene rings is 1. The highest BCUT2D eigenvalue weighted by atomic mass is 32.2. The van der Waals surface area contributed by atoms with Crippen molar-refractivity contribution >= 4 is 44.7 Å². The Morgan fingerprint density at radius 1 is 1.31 bits per heavy atom. The summed E-state index contributed by atoms with van der Waals surface area (Å²) >= 11 is 2.82. The second-order valence-electron chi connectivity index (χ2n) is 6.60. The Hall–Kier alpha value is -1.51. The van der Waals surface area contributed by atoms with Crippen molar-refractivity contribution in [3.05, 3.63) is 40.8 Å². The predicted octanol–water partition coefficient (Wildman–Crippen LogP) is 3.57. The summed E-state index contributed by atoms with van der Waals surface area (Å²) in [5.41, 5.74) is 1.56. The molecule has 1 aliphatic carbocycles. The van der Waals surface area contributed by atoms with E-state index in [0.717, 1.165) is 34.6 Å². The van der Waals surface area contributed by atoms with Gasteiger partial charge in [-0.2, -0.15) is 0 Å². The van der Waals surface area contributed by atoms with E-state index in [1.165, 1.54) is 23.1 Å². The van der Waals surface area contributed by atoms with Gasteiger partial charge in [0.15, 0.2) is 0 Å². The van der Waals surface area contributed by atoms with Crippen molar-refractivity contribution in [2.75, 3.05) is 17.5 Å². The van der Waals surface area contributed by atoms with E-state index in [-0.39, 0.29) is 11.8 Å². The fraction of sp³-hybridized carbons (Fsp3) is 0.389. The molecule has 26 heavy (non-hydrogen) atoms. The first kappa shape index (κ1) is 17.9. The van der Waals surface area contributed by atoms with Crippen molar-refractivity contribution < 1.29 is 13.2 Å². The van der Waals surface area contributed by atoms with E-state index in [4.69, 9.17) is 0 Å². The number of rotatable bonds is 5. The van der Waals surface area contributed by atoms with Gasteiger partial charge >= 0.3 is 0 Å². The van der Waals surface area contributed by atoms with Crippen LogP contribution in [0.1, 0.15) is 23.3 Å². The zero-order valence-corrected chi connectivity index (χ0v) is 16.8. The molecule has 2 heterocycles. The third-order valence-electron chi connectivity index (χ3n) is 4.70. The molecule has 1 aromatic heterocycles. The summed E-state index contributed by atoms with van der Waals surface area (Å²) < 4.78 is 28.7. The highest BCUT2D eigenvalue weighted by Gasteiger charge is 2.35. The zero-order valence-electron chi connectivity index (χ0n) is 14.4. The number of carbonyl (C=O) groups excluding carboxylic acids is 1. The molecule has 8 heteroatoms. The van der Waals surface area contributed by atoms with Crippen LogP contribution in [0.5, 0.6) is 0 Å². The molecule has 0 atom stereocenters. The second-order valence-corrected chi connectivity index (χ2v) is 10.5. The monoisotopic (exact) mass is 408 g/mol. The molecule has 0 bridgehead atoms. The summed E-state index contributed by atoms with van der Waals surface area (Å²) in [6, 6.07) is 9.10. The minimum absolute atomic E-state index is 0.197. The number of nitrogens with one attached hydrogen (secondary N) is 1. The average Bonchev–Trinajstić information content (AvgIpc) is 3.39. The summed E-state index contributed by atoms with van der Waals surface area (Å²) in [5, 5.41) is 0. The van der Waals surface area contributed by atoms with Gasteiger partial charge in [-0.25, -0.2) is 8.42 Å². The van der Waals surface area contributed by atoms with Crippen molar-refractivity contribution in [3.63, 3.8) is 0 Å². The minimum atomic E-state index is -3.63. The van der Waals surface area contributed by atoms with Crippen LogP contribution in [0.4, 0.5) is 5.69 Å². The molecule has 0 spiro atoms. The van der Waals surface area contributed by atoms with Gasteiger partial charge in [-0.05, 0) is 49.3 Å². The first-order valence-electron chi connectivity index (χ1n) is 8.54. The third-order valence-corrected chi connectivity index (χ3v) is 8.57. The summed E-state index contributed by atoms with van der Waals surface area (Å²) in [6.45, 7) is 1.21. The molecule has 4 rings (SSSR count). The number of hydrogen-bond acceptors (Lipinski definition) is 5. The van der Waals surface area contributed by atoms with E-state index < -0.39 is 10.0 Å². The van der Waals surface area contributed by atoms with E-state index in [9.17, 15) is 13.2 Å². The number of fused-ring (bicyclic) bond motifs is 1. The maximum Gasteiger partial charge on any atom is 0.271 e. The number of thioether (sulfide) groups is 1. The quantitative estimate of drug-likeness (QED) is 0.768. The standard InChI is InChI=1S/C18H20N2O3S3/c1-24-16-5-3-2-4-14(16)19-26(22,23)17-10-13-11-20(9-8-15(13)25-17)18(21)12-6-7-12/h2-5,10,12,19H,6-9,11H2,1H3. The SMILES string of the molecule is CSc1ccccc1NS(=O)(=O)c1cc2c(s1)CCN(C(=O)C1CC1)C2. The molecule has 0 unspecified atom stereocenters. The fourth-order valence-corrected chi connectivity index (χ4v) is 6.38. The van der Waals surface area contributed by atoms with Gasteiger partial charge in [0.05, 0.1) is 5.69 Å². The van der Waals surface area contributed by atoms with Crippen LogP contribution in [0.25, 0.3) is 0 Å². The van der Waals surface area contributed by atoms with Crippen LogP contribution in [-0.4, -0.2) is 32.0 Å². The first-order valence-corrected chi connectivity index (χ1v) is 12.1. The van der Waals surface area contributed by atoms with Crippen LogP contribution in [0.15, 0.2) is 39.4 Å². The molecule has 1 aromatic carbocycles. The van der Waals surface area contributed by atoms with E-state index >= 15 is 0 Å². The van der Waals surface area contributed by atoms with Gasteiger partial charge in [-0.1, -0.05) is 12.1 Å². The molecule has 0 saturated heterocycles. The summed E-state index contributed by atoms with van der Waals surface area (Å²) in [7, 11) is -3.63. The van der Waals surface area contributed by atoms with Crippen molar-refractivity contribution in [3.8, 4) is 0 Å². The van der Waals surface area contributed by atoms with Crippen LogP contribution in [0.3, 0.4) is 0 Å². The van der Waals surface area contributed by atoms with Gasteiger partial charge in [-0.3, -0.25) is 9.52 Å². The van der Waals surface area contributed by atoms with Gasteiger partial charge in [-0.15, -0.1) is 23.1 Å². The van der Waals surface area contributed by atoms with Gasteiger partial charge in [0.25, 0.3) is 10.0 Å². The highest BCUT2D eigenvalue weighted by Crippen LogP contribution is 2.36. The molecular weight excluding hydrogens is 388 g/mol. The predicted molar refractivity (Wildman–Crippen MR) is 105 cm³/mol. The molecule has 1 saturated carbocycles. The molecule has 5 nitrogen and oxygen atoms in total. The van der Waals surface area contributed by atoms with Crippen molar-refractivity contribution in [1.29, 1.82) is 0 Å². The zero-order chi connectivity index (χ0) is 18.3. The van der Waals surface area contributed by atoms with Crippen LogP contribution in [-0.2, 0) is 27.8 Å². The highest BCUT2D eigenvalue weighted by molar-refractivity contribution is 7.99. The molecule has 1 N–H and O–H groups in total. The maximum absolute atomic E-state index is 12.8. The largest absolute Gasteiger partial charge is 0.338 e. The molecule has 1 fully saturated rings. The Kier molecular flexibility index (Phi) is 4.75. The van der Waals surface area contributed by atoms with Gasteiger partial charge in [0.1, 0.15) is 4.21 Å². The summed E-state index contributed by atoms with van der Waals surface area (Å²) in [5.74, 6) is 0.418. The number of benzene rings is 1. The van der Waals surface area contributed by atoms with Crippen LogP contribution >= 0.6 is 23.1 Å².